The number of nitrogens with two attached hydrogens (primary N) is 1. The van der Waals surface area contributed by atoms with Gasteiger partial charge in [0.15, 0.2) is 0 Å². The van der Waals surface area contributed by atoms with Crippen LogP contribution in [0.2, 0.25) is 0 Å². The average molecular weight is 233 g/mol. The van der Waals surface area contributed by atoms with Crippen LogP contribution in [0.4, 0.5) is 0 Å². The molecule has 0 saturated heterocycles. The van der Waals surface area contributed by atoms with E-state index in [1.807, 2.05) is 0 Å². The van der Waals surface area contributed by atoms with Crippen molar-refractivity contribution in [3.8, 4) is 0 Å². The largest absolute Gasteiger partial charge is 0.396 e. The molecule has 3 nitrogen and oxygen atoms in total. The highest BCUT2D eigenvalue weighted by molar-refractivity contribution is 4.67. The Morgan fingerprint density at radius 2 is 1.81 bits per heavy atom. The summed E-state index contributed by atoms with van der Waals surface area (Å²) in [5.41, 5.74) is 5.59. The molecule has 0 atom stereocenters. The molecule has 0 bridgehead atoms. The third-order valence-electron chi connectivity index (χ3n) is 2.51. The molecule has 0 rings (SSSR count). The maximum absolute atomic E-state index is 8.59. The number of hydrogen-bond acceptors (Lipinski definition) is 3. The topological polar surface area (TPSA) is 55.5 Å². The molecule has 0 aromatic carbocycles. The molecule has 0 unspecified atom stereocenters. The van der Waals surface area contributed by atoms with Crippen LogP contribution < -0.4 is 5.73 Å². The monoisotopic (exact) mass is 233 g/mol. The van der Waals surface area contributed by atoms with Gasteiger partial charge in [0.2, 0.25) is 0 Å². The molecule has 0 aromatic rings. The van der Waals surface area contributed by atoms with E-state index in [2.05, 4.69) is 27.7 Å². The van der Waals surface area contributed by atoms with Gasteiger partial charge in [-0.05, 0) is 37.1 Å². The maximum Gasteiger partial charge on any atom is 0.0464 e. The first-order valence-corrected chi connectivity index (χ1v) is 6.19. The lowest BCUT2D eigenvalue weighted by Gasteiger charge is -2.21. The van der Waals surface area contributed by atoms with E-state index in [1.54, 1.807) is 7.11 Å². The van der Waals surface area contributed by atoms with Gasteiger partial charge in [0.05, 0.1) is 0 Å². The van der Waals surface area contributed by atoms with Crippen molar-refractivity contribution in [1.29, 1.82) is 0 Å². The molecule has 0 amide bonds. The Morgan fingerprint density at radius 1 is 1.25 bits per heavy atom. The van der Waals surface area contributed by atoms with Gasteiger partial charge >= 0.3 is 0 Å². The van der Waals surface area contributed by atoms with Crippen LogP contribution >= 0.6 is 0 Å². The second kappa shape index (κ2) is 11.4. The highest BCUT2D eigenvalue weighted by Gasteiger charge is 2.14. The van der Waals surface area contributed by atoms with E-state index < -0.39 is 0 Å². The number of methoxy groups -OCH3 is 1. The molecule has 0 aliphatic rings. The lowest BCUT2D eigenvalue weighted by molar-refractivity contribution is 0.183. The molecule has 0 aliphatic carbocycles. The molecule has 0 radical (unpaired) electrons. The fraction of sp³-hybridized carbons (Fsp3) is 1.00. The minimum atomic E-state index is 0.226. The van der Waals surface area contributed by atoms with E-state index in [1.165, 1.54) is 6.42 Å². The molecule has 0 saturated carbocycles. The molecule has 0 spiro atoms. The zero-order chi connectivity index (χ0) is 13.0. The van der Waals surface area contributed by atoms with Crippen LogP contribution in [0.15, 0.2) is 0 Å². The quantitative estimate of drug-likeness (QED) is 0.710. The van der Waals surface area contributed by atoms with Crippen molar-refractivity contribution < 1.29 is 9.84 Å². The number of ether oxygens (including phenoxy) is 1. The Labute approximate surface area is 101 Å². The van der Waals surface area contributed by atoms with E-state index in [9.17, 15) is 0 Å². The number of aliphatic hydroxyl groups is 1. The fourth-order valence-electron chi connectivity index (χ4n) is 1.17. The smallest absolute Gasteiger partial charge is 0.0464 e. The highest BCUT2D eigenvalue weighted by atomic mass is 16.5. The SMILES string of the molecule is CC(C)(CCN)CCO.COCCC(C)C. The van der Waals surface area contributed by atoms with Crippen LogP contribution in [0.5, 0.6) is 0 Å². The van der Waals surface area contributed by atoms with Crippen LogP contribution in [0.3, 0.4) is 0 Å². The van der Waals surface area contributed by atoms with E-state index in [-0.39, 0.29) is 12.0 Å². The summed E-state index contributed by atoms with van der Waals surface area (Å²) in [6.07, 6.45) is 3.02. The van der Waals surface area contributed by atoms with Crippen molar-refractivity contribution in [2.24, 2.45) is 17.1 Å². The molecule has 0 fully saturated rings. The van der Waals surface area contributed by atoms with Gasteiger partial charge in [-0.15, -0.1) is 0 Å². The summed E-state index contributed by atoms with van der Waals surface area (Å²) < 4.78 is 4.85. The molecule has 0 aromatic heterocycles. The maximum atomic E-state index is 8.59. The lowest BCUT2D eigenvalue weighted by Crippen LogP contribution is -2.18. The van der Waals surface area contributed by atoms with Gasteiger partial charge in [-0.3, -0.25) is 0 Å². The van der Waals surface area contributed by atoms with Crippen molar-refractivity contribution in [2.45, 2.75) is 47.0 Å². The van der Waals surface area contributed by atoms with Crippen molar-refractivity contribution in [2.75, 3.05) is 26.9 Å². The van der Waals surface area contributed by atoms with Gasteiger partial charge in [0, 0.05) is 20.3 Å². The van der Waals surface area contributed by atoms with Crippen LogP contribution in [-0.2, 0) is 4.74 Å². The minimum Gasteiger partial charge on any atom is -0.396 e. The first-order valence-electron chi connectivity index (χ1n) is 6.19. The zero-order valence-corrected chi connectivity index (χ0v) is 11.8. The summed E-state index contributed by atoms with van der Waals surface area (Å²) in [6, 6.07) is 0. The molecular formula is C13H31NO2. The Balaban J connectivity index is 0. The molecule has 0 heterocycles. The zero-order valence-electron chi connectivity index (χ0n) is 11.8. The Kier molecular flexibility index (Phi) is 13.0. The number of aliphatic hydroxyl groups excluding tert-OH is 1. The standard InChI is InChI=1S/C7H17NO.C6H14O/c1-7(2,3-5-8)4-6-9;1-6(2)4-5-7-3/h9H,3-6,8H2,1-2H3;6H,4-5H2,1-3H3. The third-order valence-corrected chi connectivity index (χ3v) is 2.51. The highest BCUT2D eigenvalue weighted by Crippen LogP contribution is 2.22. The van der Waals surface area contributed by atoms with Crippen LogP contribution in [0, 0.1) is 11.3 Å². The summed E-state index contributed by atoms with van der Waals surface area (Å²) in [7, 11) is 1.74. The van der Waals surface area contributed by atoms with Gasteiger partial charge < -0.3 is 15.6 Å². The average Bonchev–Trinajstić information content (AvgIpc) is 2.15. The molecular weight excluding hydrogens is 202 g/mol. The van der Waals surface area contributed by atoms with Gasteiger partial charge in [-0.25, -0.2) is 0 Å². The van der Waals surface area contributed by atoms with Gasteiger partial charge in [0.1, 0.15) is 0 Å². The van der Waals surface area contributed by atoms with Crippen LogP contribution in [0.1, 0.15) is 47.0 Å². The molecule has 16 heavy (non-hydrogen) atoms. The van der Waals surface area contributed by atoms with Gasteiger partial charge in [-0.2, -0.15) is 0 Å². The van der Waals surface area contributed by atoms with Gasteiger partial charge in [0.25, 0.3) is 0 Å². The Morgan fingerprint density at radius 3 is 2.06 bits per heavy atom. The predicted molar refractivity (Wildman–Crippen MR) is 70.5 cm³/mol. The molecule has 100 valence electrons. The second-order valence-electron chi connectivity index (χ2n) is 5.35. The third kappa shape index (κ3) is 16.3. The van der Waals surface area contributed by atoms with E-state index >= 15 is 0 Å². The van der Waals surface area contributed by atoms with Gasteiger partial charge in [-0.1, -0.05) is 27.7 Å². The summed E-state index contributed by atoms with van der Waals surface area (Å²) in [4.78, 5) is 0. The molecule has 0 aliphatic heterocycles. The normalized spacial score (nSPS) is 11.2. The van der Waals surface area contributed by atoms with Crippen LogP contribution in [-0.4, -0.2) is 32.0 Å². The van der Waals surface area contributed by atoms with E-state index in [0.29, 0.717) is 6.54 Å². The number of hydrogen-bond donors (Lipinski definition) is 2. The summed E-state index contributed by atoms with van der Waals surface area (Å²) >= 11 is 0. The fourth-order valence-corrected chi connectivity index (χ4v) is 1.17. The minimum absolute atomic E-state index is 0.226. The van der Waals surface area contributed by atoms with Crippen molar-refractivity contribution in [3.63, 3.8) is 0 Å². The Bertz CT molecular complexity index is 128. The first kappa shape index (κ1) is 18.3. The molecule has 3 heteroatoms. The number of rotatable bonds is 7. The lowest BCUT2D eigenvalue weighted by atomic mass is 9.86. The van der Waals surface area contributed by atoms with E-state index in [0.717, 1.165) is 25.4 Å². The first-order chi connectivity index (χ1) is 7.39. The molecule has 3 N–H and O–H groups in total. The van der Waals surface area contributed by atoms with Crippen LogP contribution in [0.25, 0.3) is 0 Å². The van der Waals surface area contributed by atoms with Crippen molar-refractivity contribution >= 4 is 0 Å². The van der Waals surface area contributed by atoms with Crippen molar-refractivity contribution in [1.82, 2.24) is 0 Å². The summed E-state index contributed by atoms with van der Waals surface area (Å²) in [6.45, 7) is 10.5. The van der Waals surface area contributed by atoms with Crippen molar-refractivity contribution in [3.05, 3.63) is 0 Å². The Hall–Kier alpha value is -0.120. The second-order valence-corrected chi connectivity index (χ2v) is 5.35. The summed E-state index contributed by atoms with van der Waals surface area (Å²) in [5, 5.41) is 8.59. The van der Waals surface area contributed by atoms with E-state index in [4.69, 9.17) is 15.6 Å². The summed E-state index contributed by atoms with van der Waals surface area (Å²) in [5.74, 6) is 0.778. The predicted octanol–water partition coefficient (Wildman–Crippen LogP) is 2.42.